The molecule has 1 aliphatic heterocycles. The van der Waals surface area contributed by atoms with Gasteiger partial charge in [-0.25, -0.2) is 8.42 Å². The fourth-order valence-corrected chi connectivity index (χ4v) is 8.08. The molecule has 0 fully saturated rings. The first kappa shape index (κ1) is 32.3. The summed E-state index contributed by atoms with van der Waals surface area (Å²) < 4.78 is 42.5. The molecule has 0 radical (unpaired) electrons. The maximum absolute atomic E-state index is 14.2. The van der Waals surface area contributed by atoms with Crippen LogP contribution >= 0.6 is 11.6 Å². The van der Waals surface area contributed by atoms with Gasteiger partial charge in [-0.1, -0.05) is 65.2 Å². The van der Waals surface area contributed by atoms with E-state index in [2.05, 4.69) is 45.9 Å². The molecule has 0 spiro atoms. The molecule has 0 bridgehead atoms. The lowest BCUT2D eigenvalue weighted by molar-refractivity contribution is -0.938. The van der Waals surface area contributed by atoms with Crippen LogP contribution in [-0.2, 0) is 23.1 Å². The summed E-state index contributed by atoms with van der Waals surface area (Å²) in [6.07, 6.45) is 1.68. The Morgan fingerprint density at radius 3 is 2.27 bits per heavy atom. The van der Waals surface area contributed by atoms with Crippen molar-refractivity contribution >= 4 is 32.4 Å². The van der Waals surface area contributed by atoms with Gasteiger partial charge in [0.1, 0.15) is 19.8 Å². The Morgan fingerprint density at radius 2 is 1.55 bits per heavy atom. The maximum atomic E-state index is 14.2. The van der Waals surface area contributed by atoms with Crippen LogP contribution in [0.3, 0.4) is 0 Å². The van der Waals surface area contributed by atoms with Crippen LogP contribution in [0.15, 0.2) is 77.7 Å². The van der Waals surface area contributed by atoms with Gasteiger partial charge in [-0.2, -0.15) is 4.31 Å². The first-order valence-corrected chi connectivity index (χ1v) is 17.4. The Bertz CT molecular complexity index is 1700. The van der Waals surface area contributed by atoms with Crippen molar-refractivity contribution in [2.45, 2.75) is 58.5 Å². The van der Waals surface area contributed by atoms with Gasteiger partial charge >= 0.3 is 0 Å². The van der Waals surface area contributed by atoms with Gasteiger partial charge in [-0.05, 0) is 81.8 Å². The number of nitrogens with zero attached hydrogens (tertiary/aromatic N) is 2. The normalized spacial score (nSPS) is 13.5. The van der Waals surface area contributed by atoms with Crippen LogP contribution in [-0.4, -0.2) is 56.6 Å². The van der Waals surface area contributed by atoms with Crippen LogP contribution in [0.5, 0.6) is 11.5 Å². The number of quaternary nitrogens is 1. The number of ether oxygens (including phenoxy) is 2. The number of hydrogen-bond donors (Lipinski definition) is 0. The van der Waals surface area contributed by atoms with E-state index in [0.717, 1.165) is 59.8 Å². The molecule has 0 aliphatic carbocycles. The molecular weight excluding hydrogens is 592 g/mol. The van der Waals surface area contributed by atoms with E-state index >= 15 is 0 Å². The number of unbranched alkanes of at least 4 members (excludes halogenated alkanes) is 1. The van der Waals surface area contributed by atoms with E-state index in [-0.39, 0.29) is 11.4 Å². The maximum Gasteiger partial charge on any atom is 0.243 e. The second kappa shape index (κ2) is 13.9. The predicted octanol–water partition coefficient (Wildman–Crippen LogP) is 7.91. The topological polar surface area (TPSA) is 55.8 Å². The molecule has 1 aliphatic rings. The van der Waals surface area contributed by atoms with Crippen LogP contribution in [0.1, 0.15) is 48.9 Å². The molecule has 0 atom stereocenters. The summed E-state index contributed by atoms with van der Waals surface area (Å²) >= 11 is 6.38. The molecular formula is C36H44ClN2O4S+. The van der Waals surface area contributed by atoms with E-state index in [0.29, 0.717) is 36.3 Å². The van der Waals surface area contributed by atoms with E-state index in [1.807, 2.05) is 36.4 Å². The fraction of sp³-hybridized carbons (Fsp3) is 0.389. The molecule has 234 valence electrons. The highest BCUT2D eigenvalue weighted by atomic mass is 35.5. The highest BCUT2D eigenvalue weighted by Gasteiger charge is 2.28. The minimum atomic E-state index is -3.80. The van der Waals surface area contributed by atoms with Crippen molar-refractivity contribution in [1.82, 2.24) is 4.31 Å². The zero-order chi connectivity index (χ0) is 31.3. The van der Waals surface area contributed by atoms with Gasteiger partial charge in [0.05, 0.1) is 24.5 Å². The summed E-state index contributed by atoms with van der Waals surface area (Å²) in [4.78, 5) is 0.270. The van der Waals surface area contributed by atoms with Crippen molar-refractivity contribution < 1.29 is 22.4 Å². The molecule has 44 heavy (non-hydrogen) atoms. The van der Waals surface area contributed by atoms with E-state index < -0.39 is 10.0 Å². The Labute approximate surface area is 267 Å². The third-order valence-electron chi connectivity index (χ3n) is 8.83. The summed E-state index contributed by atoms with van der Waals surface area (Å²) in [6.45, 7) is 14.5. The third kappa shape index (κ3) is 7.40. The quantitative estimate of drug-likeness (QED) is 0.111. The Balaban J connectivity index is 1.36. The van der Waals surface area contributed by atoms with Crippen LogP contribution in [0, 0.1) is 13.8 Å². The molecule has 8 heteroatoms. The molecule has 4 aromatic carbocycles. The van der Waals surface area contributed by atoms with E-state index in [1.54, 1.807) is 22.5 Å². The first-order chi connectivity index (χ1) is 21.1. The number of halogens is 1. The Kier molecular flexibility index (Phi) is 10.2. The minimum Gasteiger partial charge on any atom is -0.486 e. The fourth-order valence-electron chi connectivity index (χ4n) is 6.33. The van der Waals surface area contributed by atoms with E-state index in [4.69, 9.17) is 21.1 Å². The van der Waals surface area contributed by atoms with Gasteiger partial charge < -0.3 is 14.0 Å². The van der Waals surface area contributed by atoms with Crippen LogP contribution in [0.2, 0.25) is 5.02 Å². The second-order valence-electron chi connectivity index (χ2n) is 12.0. The van der Waals surface area contributed by atoms with Gasteiger partial charge in [0, 0.05) is 29.1 Å². The van der Waals surface area contributed by atoms with Crippen LogP contribution in [0.25, 0.3) is 10.8 Å². The molecule has 6 nitrogen and oxygen atoms in total. The number of rotatable bonds is 13. The standard InChI is InChI=1S/C36H44ClN2O4S/c1-5-39(6-2,26-30-21-27(3)20-28(4)22-30)17-8-7-16-38(25-29-12-15-35-36(23-29)43-19-18-42-35)44(40,41)32-13-14-33-31(24-32)10-9-11-34(33)37/h9-15,20-24H,5-8,16-19,25-26H2,1-4H3/q+1. The van der Waals surface area contributed by atoms with Crippen molar-refractivity contribution in [2.75, 3.05) is 39.4 Å². The predicted molar refractivity (Wildman–Crippen MR) is 179 cm³/mol. The SMILES string of the molecule is CC[N+](CC)(CCCCN(Cc1ccc2c(c1)OCCO2)S(=O)(=O)c1ccc2c(Cl)cccc2c1)Cc1cc(C)cc(C)c1. The van der Waals surface area contributed by atoms with E-state index in [9.17, 15) is 8.42 Å². The lowest BCUT2D eigenvalue weighted by Gasteiger charge is -2.37. The van der Waals surface area contributed by atoms with Crippen molar-refractivity contribution in [3.05, 3.63) is 100 Å². The summed E-state index contributed by atoms with van der Waals surface area (Å²) in [5, 5.41) is 2.25. The third-order valence-corrected chi connectivity index (χ3v) is 11.0. The number of hydrogen-bond acceptors (Lipinski definition) is 4. The van der Waals surface area contributed by atoms with Crippen LogP contribution in [0.4, 0.5) is 0 Å². The van der Waals surface area contributed by atoms with Crippen molar-refractivity contribution in [2.24, 2.45) is 0 Å². The van der Waals surface area contributed by atoms with Crippen molar-refractivity contribution in [3.63, 3.8) is 0 Å². The lowest BCUT2D eigenvalue weighted by Crippen LogP contribution is -2.47. The second-order valence-corrected chi connectivity index (χ2v) is 14.3. The van der Waals surface area contributed by atoms with Gasteiger partial charge in [-0.3, -0.25) is 0 Å². The van der Waals surface area contributed by atoms with Crippen LogP contribution < -0.4 is 9.47 Å². The molecule has 4 aromatic rings. The first-order valence-electron chi connectivity index (χ1n) is 15.6. The number of fused-ring (bicyclic) bond motifs is 2. The Hall–Kier alpha value is -3.10. The zero-order valence-corrected chi connectivity index (χ0v) is 27.9. The zero-order valence-electron chi connectivity index (χ0n) is 26.3. The molecule has 0 amide bonds. The molecule has 0 unspecified atom stereocenters. The number of aryl methyl sites for hydroxylation is 2. The lowest BCUT2D eigenvalue weighted by atomic mass is 10.1. The van der Waals surface area contributed by atoms with Gasteiger partial charge in [0.15, 0.2) is 11.5 Å². The summed E-state index contributed by atoms with van der Waals surface area (Å²) in [6, 6.07) is 23.3. The Morgan fingerprint density at radius 1 is 0.818 bits per heavy atom. The highest BCUT2D eigenvalue weighted by molar-refractivity contribution is 7.89. The molecule has 0 N–H and O–H groups in total. The monoisotopic (exact) mass is 635 g/mol. The van der Waals surface area contributed by atoms with Gasteiger partial charge in [0.2, 0.25) is 10.0 Å². The number of benzene rings is 4. The van der Waals surface area contributed by atoms with Gasteiger partial charge in [0.25, 0.3) is 0 Å². The molecule has 0 saturated heterocycles. The summed E-state index contributed by atoms with van der Waals surface area (Å²) in [7, 11) is -3.80. The smallest absolute Gasteiger partial charge is 0.243 e. The minimum absolute atomic E-state index is 0.247. The molecule has 1 heterocycles. The van der Waals surface area contributed by atoms with E-state index in [1.165, 1.54) is 16.7 Å². The van der Waals surface area contributed by atoms with Crippen molar-refractivity contribution in [3.8, 4) is 11.5 Å². The average molecular weight is 636 g/mol. The van der Waals surface area contributed by atoms with Gasteiger partial charge in [-0.15, -0.1) is 0 Å². The number of sulfonamides is 1. The molecule has 0 saturated carbocycles. The average Bonchev–Trinajstić information content (AvgIpc) is 3.01. The van der Waals surface area contributed by atoms with Crippen molar-refractivity contribution in [1.29, 1.82) is 0 Å². The highest BCUT2D eigenvalue weighted by Crippen LogP contribution is 2.33. The largest absolute Gasteiger partial charge is 0.486 e. The molecule has 0 aromatic heterocycles. The summed E-state index contributed by atoms with van der Waals surface area (Å²) in [5.41, 5.74) is 4.82. The summed E-state index contributed by atoms with van der Waals surface area (Å²) in [5.74, 6) is 1.35. The molecule has 5 rings (SSSR count).